The van der Waals surface area contributed by atoms with Gasteiger partial charge < -0.3 is 10.1 Å². The zero-order valence-corrected chi connectivity index (χ0v) is 13.2. The van der Waals surface area contributed by atoms with E-state index in [1.54, 1.807) is 24.3 Å². The lowest BCUT2D eigenvalue weighted by atomic mass is 9.88. The average Bonchev–Trinajstić information content (AvgIpc) is 2.92. The summed E-state index contributed by atoms with van der Waals surface area (Å²) < 4.78 is 5.48. The Morgan fingerprint density at radius 2 is 1.86 bits per heavy atom. The Kier molecular flexibility index (Phi) is 4.39. The third-order valence-electron chi connectivity index (χ3n) is 4.59. The summed E-state index contributed by atoms with van der Waals surface area (Å²) in [7, 11) is 0. The van der Waals surface area contributed by atoms with Crippen molar-refractivity contribution in [1.82, 2.24) is 5.32 Å². The van der Waals surface area contributed by atoms with E-state index >= 15 is 0 Å². The zero-order valence-electron chi connectivity index (χ0n) is 12.4. The first-order valence-electron chi connectivity index (χ1n) is 7.89. The maximum Gasteiger partial charge on any atom is 0.307 e. The molecule has 1 aliphatic heterocycles. The number of halogens is 1. The fraction of sp³-hybridized carbons (Fsp3) is 0.529. The molecule has 3 rings (SSSR count). The van der Waals surface area contributed by atoms with Crippen LogP contribution in [0.4, 0.5) is 0 Å². The van der Waals surface area contributed by atoms with Gasteiger partial charge in [0.05, 0.1) is 6.42 Å². The summed E-state index contributed by atoms with van der Waals surface area (Å²) in [5.41, 5.74) is -0.505. The molecule has 0 aromatic heterocycles. The first-order chi connectivity index (χ1) is 10.6. The van der Waals surface area contributed by atoms with Crippen LogP contribution in [-0.4, -0.2) is 17.9 Å². The van der Waals surface area contributed by atoms with Crippen molar-refractivity contribution in [3.63, 3.8) is 0 Å². The number of hydrogen-bond donors (Lipinski definition) is 1. The van der Waals surface area contributed by atoms with Crippen LogP contribution >= 0.6 is 11.6 Å². The topological polar surface area (TPSA) is 55.4 Å². The van der Waals surface area contributed by atoms with Crippen molar-refractivity contribution in [1.29, 1.82) is 0 Å². The molecule has 1 heterocycles. The normalized spacial score (nSPS) is 25.8. The molecule has 0 bridgehead atoms. The van der Waals surface area contributed by atoms with Crippen LogP contribution in [0.15, 0.2) is 24.3 Å². The molecule has 1 amide bonds. The van der Waals surface area contributed by atoms with Crippen LogP contribution in [0.25, 0.3) is 0 Å². The van der Waals surface area contributed by atoms with E-state index in [0.29, 0.717) is 17.0 Å². The Morgan fingerprint density at radius 1 is 1.18 bits per heavy atom. The van der Waals surface area contributed by atoms with Gasteiger partial charge in [0.2, 0.25) is 5.60 Å². The van der Waals surface area contributed by atoms with Crippen LogP contribution in [0.2, 0.25) is 5.02 Å². The van der Waals surface area contributed by atoms with Crippen LogP contribution < -0.4 is 5.32 Å². The fourth-order valence-electron chi connectivity index (χ4n) is 3.34. The van der Waals surface area contributed by atoms with Crippen molar-refractivity contribution >= 4 is 23.5 Å². The molecule has 2 aliphatic rings. The number of nitrogens with one attached hydrogen (secondary N) is 1. The predicted molar refractivity (Wildman–Crippen MR) is 83.5 cm³/mol. The summed E-state index contributed by atoms with van der Waals surface area (Å²) in [5.74, 6) is -0.527. The second-order valence-corrected chi connectivity index (χ2v) is 6.55. The van der Waals surface area contributed by atoms with E-state index < -0.39 is 5.60 Å². The third kappa shape index (κ3) is 2.98. The van der Waals surface area contributed by atoms with Gasteiger partial charge in [-0.25, -0.2) is 0 Å². The molecule has 1 N–H and O–H groups in total. The van der Waals surface area contributed by atoms with E-state index in [1.807, 2.05) is 0 Å². The number of ether oxygens (including phenoxy) is 1. The van der Waals surface area contributed by atoms with Crippen LogP contribution in [-0.2, 0) is 19.9 Å². The summed E-state index contributed by atoms with van der Waals surface area (Å²) in [5, 5.41) is 3.68. The maximum absolute atomic E-state index is 12.8. The summed E-state index contributed by atoms with van der Waals surface area (Å²) in [6, 6.07) is 7.16. The van der Waals surface area contributed by atoms with Crippen molar-refractivity contribution in [3.8, 4) is 0 Å². The van der Waals surface area contributed by atoms with Gasteiger partial charge >= 0.3 is 5.97 Å². The molecule has 1 atom stereocenters. The third-order valence-corrected chi connectivity index (χ3v) is 4.84. The molecule has 1 aromatic rings. The summed E-state index contributed by atoms with van der Waals surface area (Å²) in [4.78, 5) is 24.5. The first-order valence-corrected chi connectivity index (χ1v) is 8.27. The van der Waals surface area contributed by atoms with Crippen molar-refractivity contribution in [3.05, 3.63) is 34.9 Å². The number of rotatable bonds is 3. The Hall–Kier alpha value is -1.55. The Balaban J connectivity index is 1.84. The summed E-state index contributed by atoms with van der Waals surface area (Å²) >= 11 is 5.92. The van der Waals surface area contributed by atoms with Gasteiger partial charge in [-0.3, -0.25) is 9.59 Å². The fourth-order valence-corrected chi connectivity index (χ4v) is 3.46. The monoisotopic (exact) mass is 321 g/mol. The quantitative estimate of drug-likeness (QED) is 0.869. The zero-order chi connectivity index (χ0) is 15.6. The Labute approximate surface area is 135 Å². The lowest BCUT2D eigenvalue weighted by Gasteiger charge is -2.31. The molecule has 0 spiro atoms. The van der Waals surface area contributed by atoms with E-state index in [9.17, 15) is 9.59 Å². The van der Waals surface area contributed by atoms with Crippen LogP contribution in [0.3, 0.4) is 0 Å². The Bertz CT molecular complexity index is 566. The number of cyclic esters (lactones) is 1. The first kappa shape index (κ1) is 15.3. The molecule has 1 saturated carbocycles. The van der Waals surface area contributed by atoms with Gasteiger partial charge in [0.25, 0.3) is 5.91 Å². The van der Waals surface area contributed by atoms with E-state index in [4.69, 9.17) is 16.3 Å². The van der Waals surface area contributed by atoms with Gasteiger partial charge in [-0.15, -0.1) is 0 Å². The standard InChI is InChI=1S/C17H20ClNO3/c18-13-8-6-12(7-9-13)17(11-10-15(20)22-17)16(21)19-14-4-2-1-3-5-14/h6-9,14H,1-5,10-11H2,(H,19,21). The lowest BCUT2D eigenvalue weighted by Crippen LogP contribution is -2.48. The molecule has 1 aromatic carbocycles. The Morgan fingerprint density at radius 3 is 2.45 bits per heavy atom. The molecule has 0 radical (unpaired) electrons. The SMILES string of the molecule is O=C1CCC(C(=O)NC2CCCCC2)(c2ccc(Cl)cc2)O1. The minimum absolute atomic E-state index is 0.185. The molecule has 4 nitrogen and oxygen atoms in total. The molecule has 5 heteroatoms. The van der Waals surface area contributed by atoms with Crippen LogP contribution in [0.1, 0.15) is 50.5 Å². The smallest absolute Gasteiger partial charge is 0.307 e. The largest absolute Gasteiger partial charge is 0.444 e. The average molecular weight is 322 g/mol. The lowest BCUT2D eigenvalue weighted by molar-refractivity contribution is -0.160. The van der Waals surface area contributed by atoms with Crippen molar-refractivity contribution in [2.24, 2.45) is 0 Å². The number of benzene rings is 1. The number of amides is 1. The molecule has 1 unspecified atom stereocenters. The highest BCUT2D eigenvalue weighted by molar-refractivity contribution is 6.30. The van der Waals surface area contributed by atoms with Gasteiger partial charge in [0.15, 0.2) is 0 Å². The summed E-state index contributed by atoms with van der Waals surface area (Å²) in [6.07, 6.45) is 6.14. The second-order valence-electron chi connectivity index (χ2n) is 6.12. The van der Waals surface area contributed by atoms with Crippen molar-refractivity contribution in [2.75, 3.05) is 0 Å². The molecular formula is C17H20ClNO3. The van der Waals surface area contributed by atoms with Gasteiger partial charge in [0.1, 0.15) is 0 Å². The number of carbonyl (C=O) groups excluding carboxylic acids is 2. The minimum Gasteiger partial charge on any atom is -0.444 e. The molecule has 2 fully saturated rings. The second kappa shape index (κ2) is 6.29. The van der Waals surface area contributed by atoms with E-state index in [2.05, 4.69) is 5.32 Å². The van der Waals surface area contributed by atoms with E-state index in [0.717, 1.165) is 25.7 Å². The van der Waals surface area contributed by atoms with Gasteiger partial charge in [-0.05, 0) is 25.0 Å². The maximum atomic E-state index is 12.8. The summed E-state index contributed by atoms with van der Waals surface area (Å²) in [6.45, 7) is 0. The molecule has 22 heavy (non-hydrogen) atoms. The van der Waals surface area contributed by atoms with Gasteiger partial charge in [-0.2, -0.15) is 0 Å². The van der Waals surface area contributed by atoms with Gasteiger partial charge in [0, 0.05) is 23.0 Å². The number of hydrogen-bond acceptors (Lipinski definition) is 3. The highest BCUT2D eigenvalue weighted by Gasteiger charge is 2.49. The van der Waals surface area contributed by atoms with E-state index in [1.165, 1.54) is 6.42 Å². The van der Waals surface area contributed by atoms with Crippen molar-refractivity contribution in [2.45, 2.75) is 56.6 Å². The number of esters is 1. The number of carbonyl (C=O) groups is 2. The predicted octanol–water partition coefficient (Wildman–Crippen LogP) is 3.32. The molecule has 1 saturated heterocycles. The highest BCUT2D eigenvalue weighted by Crippen LogP contribution is 2.38. The van der Waals surface area contributed by atoms with Crippen LogP contribution in [0, 0.1) is 0 Å². The highest BCUT2D eigenvalue weighted by atomic mass is 35.5. The van der Waals surface area contributed by atoms with Crippen LogP contribution in [0.5, 0.6) is 0 Å². The van der Waals surface area contributed by atoms with Crippen molar-refractivity contribution < 1.29 is 14.3 Å². The molecular weight excluding hydrogens is 302 g/mol. The minimum atomic E-state index is -1.20. The van der Waals surface area contributed by atoms with Gasteiger partial charge in [-0.1, -0.05) is 43.0 Å². The molecule has 1 aliphatic carbocycles. The van der Waals surface area contributed by atoms with E-state index in [-0.39, 0.29) is 24.3 Å². The molecule has 118 valence electrons.